The van der Waals surface area contributed by atoms with Gasteiger partial charge in [0.05, 0.1) is 0 Å². The summed E-state index contributed by atoms with van der Waals surface area (Å²) in [7, 11) is 2.64. The zero-order chi connectivity index (χ0) is 7.56. The molecule has 1 nitrogen and oxygen atoms in total. The van der Waals surface area contributed by atoms with Gasteiger partial charge in [0.15, 0.2) is 0 Å². The van der Waals surface area contributed by atoms with Crippen molar-refractivity contribution in [3.05, 3.63) is 29.8 Å². The standard InChI is InChI=1S/C8H12NP/c1-6(9)7-2-4-8(10)5-3-7/h2-6H,9-10H2,1H3. The summed E-state index contributed by atoms with van der Waals surface area (Å²) in [4.78, 5) is 0. The lowest BCUT2D eigenvalue weighted by Gasteiger charge is -2.03. The van der Waals surface area contributed by atoms with Gasteiger partial charge in [0.1, 0.15) is 0 Å². The predicted octanol–water partition coefficient (Wildman–Crippen LogP) is 1.21. The lowest BCUT2D eigenvalue weighted by molar-refractivity contribution is 0.819. The summed E-state index contributed by atoms with van der Waals surface area (Å²) >= 11 is 0. The molecule has 0 spiro atoms. The molecule has 0 aliphatic rings. The van der Waals surface area contributed by atoms with E-state index in [0.29, 0.717) is 0 Å². The van der Waals surface area contributed by atoms with Crippen LogP contribution in [0.4, 0.5) is 0 Å². The zero-order valence-corrected chi connectivity index (χ0v) is 7.20. The molecule has 0 heterocycles. The second-order valence-corrected chi connectivity index (χ2v) is 3.12. The van der Waals surface area contributed by atoms with E-state index < -0.39 is 0 Å². The molecule has 54 valence electrons. The van der Waals surface area contributed by atoms with Crippen LogP contribution in [0, 0.1) is 0 Å². The summed E-state index contributed by atoms with van der Waals surface area (Å²) in [6.07, 6.45) is 0. The highest BCUT2D eigenvalue weighted by Crippen LogP contribution is 2.07. The van der Waals surface area contributed by atoms with Crippen molar-refractivity contribution < 1.29 is 0 Å². The fraction of sp³-hybridized carbons (Fsp3) is 0.250. The van der Waals surface area contributed by atoms with Gasteiger partial charge < -0.3 is 5.73 Å². The van der Waals surface area contributed by atoms with Crippen LogP contribution in [0.5, 0.6) is 0 Å². The van der Waals surface area contributed by atoms with Crippen molar-refractivity contribution in [3.8, 4) is 0 Å². The third-order valence-electron chi connectivity index (χ3n) is 1.46. The highest BCUT2D eigenvalue weighted by atomic mass is 31.0. The SMILES string of the molecule is CC(N)c1ccc(P)cc1. The molecule has 1 aromatic rings. The van der Waals surface area contributed by atoms with Crippen molar-refractivity contribution in [3.63, 3.8) is 0 Å². The minimum absolute atomic E-state index is 0.144. The van der Waals surface area contributed by atoms with Crippen molar-refractivity contribution in [1.29, 1.82) is 0 Å². The van der Waals surface area contributed by atoms with E-state index in [9.17, 15) is 0 Å². The Morgan fingerprint density at radius 2 is 1.80 bits per heavy atom. The Morgan fingerprint density at radius 1 is 1.30 bits per heavy atom. The molecule has 10 heavy (non-hydrogen) atoms. The molecule has 0 aromatic heterocycles. The molecule has 0 fully saturated rings. The maximum atomic E-state index is 5.66. The Labute approximate surface area is 63.8 Å². The van der Waals surface area contributed by atoms with Crippen LogP contribution in [0.15, 0.2) is 24.3 Å². The van der Waals surface area contributed by atoms with E-state index in [-0.39, 0.29) is 6.04 Å². The number of nitrogens with two attached hydrogens (primary N) is 1. The molecule has 0 saturated heterocycles. The van der Waals surface area contributed by atoms with Crippen LogP contribution >= 0.6 is 9.24 Å². The first kappa shape index (κ1) is 7.71. The Hall–Kier alpha value is -0.390. The van der Waals surface area contributed by atoms with E-state index in [4.69, 9.17) is 5.73 Å². The van der Waals surface area contributed by atoms with E-state index in [1.165, 1.54) is 10.9 Å². The van der Waals surface area contributed by atoms with Gasteiger partial charge >= 0.3 is 0 Å². The molecule has 2 atom stereocenters. The van der Waals surface area contributed by atoms with Crippen molar-refractivity contribution in [1.82, 2.24) is 0 Å². The molecular weight excluding hydrogens is 141 g/mol. The van der Waals surface area contributed by atoms with Crippen molar-refractivity contribution in [2.24, 2.45) is 5.73 Å². The Kier molecular flexibility index (Phi) is 2.42. The minimum Gasteiger partial charge on any atom is -0.324 e. The van der Waals surface area contributed by atoms with E-state index in [1.807, 2.05) is 31.2 Å². The highest BCUT2D eigenvalue weighted by molar-refractivity contribution is 7.27. The first-order valence-electron chi connectivity index (χ1n) is 3.31. The van der Waals surface area contributed by atoms with Gasteiger partial charge in [0.2, 0.25) is 0 Å². The fourth-order valence-electron chi connectivity index (χ4n) is 0.800. The minimum atomic E-state index is 0.144. The fourth-order valence-corrected chi connectivity index (χ4v) is 0.992. The van der Waals surface area contributed by atoms with Gasteiger partial charge in [-0.1, -0.05) is 24.3 Å². The van der Waals surface area contributed by atoms with Gasteiger partial charge in [-0.05, 0) is 17.8 Å². The number of hydrogen-bond donors (Lipinski definition) is 1. The molecule has 0 radical (unpaired) electrons. The van der Waals surface area contributed by atoms with Gasteiger partial charge in [-0.3, -0.25) is 0 Å². The summed E-state index contributed by atoms with van der Waals surface area (Å²) in [6, 6.07) is 8.33. The van der Waals surface area contributed by atoms with Gasteiger partial charge in [0.25, 0.3) is 0 Å². The van der Waals surface area contributed by atoms with E-state index in [0.717, 1.165) is 0 Å². The molecule has 0 aliphatic heterocycles. The third-order valence-corrected chi connectivity index (χ3v) is 1.85. The Balaban J connectivity index is 2.89. The molecule has 2 unspecified atom stereocenters. The van der Waals surface area contributed by atoms with Crippen LogP contribution in [0.3, 0.4) is 0 Å². The molecule has 1 rings (SSSR count). The van der Waals surface area contributed by atoms with Crippen LogP contribution < -0.4 is 11.0 Å². The summed E-state index contributed by atoms with van der Waals surface area (Å²) in [5.74, 6) is 0. The zero-order valence-electron chi connectivity index (χ0n) is 6.04. The van der Waals surface area contributed by atoms with Gasteiger partial charge in [-0.15, -0.1) is 9.24 Å². The van der Waals surface area contributed by atoms with Gasteiger partial charge in [-0.25, -0.2) is 0 Å². The molecule has 0 amide bonds. The summed E-state index contributed by atoms with van der Waals surface area (Å²) in [5.41, 5.74) is 6.84. The normalized spacial score (nSPS) is 13.1. The highest BCUT2D eigenvalue weighted by Gasteiger charge is 1.95. The van der Waals surface area contributed by atoms with Crippen LogP contribution in [-0.2, 0) is 0 Å². The van der Waals surface area contributed by atoms with Crippen molar-refractivity contribution in [2.75, 3.05) is 0 Å². The Morgan fingerprint density at radius 3 is 2.20 bits per heavy atom. The van der Waals surface area contributed by atoms with Crippen LogP contribution in [-0.4, -0.2) is 0 Å². The van der Waals surface area contributed by atoms with Crippen LogP contribution in [0.2, 0.25) is 0 Å². The number of rotatable bonds is 1. The third kappa shape index (κ3) is 1.80. The van der Waals surface area contributed by atoms with E-state index in [2.05, 4.69) is 9.24 Å². The topological polar surface area (TPSA) is 26.0 Å². The molecule has 0 saturated carbocycles. The average Bonchev–Trinajstić information content (AvgIpc) is 1.88. The molecule has 0 bridgehead atoms. The lowest BCUT2D eigenvalue weighted by Crippen LogP contribution is -2.05. The van der Waals surface area contributed by atoms with E-state index >= 15 is 0 Å². The number of benzene rings is 1. The van der Waals surface area contributed by atoms with Crippen molar-refractivity contribution >= 4 is 14.5 Å². The molecule has 2 N–H and O–H groups in total. The Bertz CT molecular complexity index is 203. The largest absolute Gasteiger partial charge is 0.324 e. The van der Waals surface area contributed by atoms with Crippen LogP contribution in [0.25, 0.3) is 0 Å². The lowest BCUT2D eigenvalue weighted by atomic mass is 10.1. The summed E-state index contributed by atoms with van der Waals surface area (Å²) in [6.45, 7) is 1.98. The second-order valence-electron chi connectivity index (χ2n) is 2.46. The second kappa shape index (κ2) is 3.14. The molecule has 1 aromatic carbocycles. The maximum Gasteiger partial charge on any atom is 0.0266 e. The molecule has 2 heteroatoms. The maximum absolute atomic E-state index is 5.66. The van der Waals surface area contributed by atoms with E-state index in [1.54, 1.807) is 0 Å². The summed E-state index contributed by atoms with van der Waals surface area (Å²) in [5, 5.41) is 1.20. The first-order chi connectivity index (χ1) is 4.70. The molecule has 0 aliphatic carbocycles. The monoisotopic (exact) mass is 153 g/mol. The van der Waals surface area contributed by atoms with Gasteiger partial charge in [0, 0.05) is 6.04 Å². The predicted molar refractivity (Wildman–Crippen MR) is 48.4 cm³/mol. The van der Waals surface area contributed by atoms with Crippen LogP contribution in [0.1, 0.15) is 18.5 Å². The van der Waals surface area contributed by atoms with Gasteiger partial charge in [-0.2, -0.15) is 0 Å². The molecular formula is C8H12NP. The quantitative estimate of drug-likeness (QED) is 0.603. The van der Waals surface area contributed by atoms with Crippen molar-refractivity contribution in [2.45, 2.75) is 13.0 Å². The summed E-state index contributed by atoms with van der Waals surface area (Å²) < 4.78 is 0. The number of hydrogen-bond acceptors (Lipinski definition) is 1. The average molecular weight is 153 g/mol. The first-order valence-corrected chi connectivity index (χ1v) is 3.89. The smallest absolute Gasteiger partial charge is 0.0266 e.